The van der Waals surface area contributed by atoms with E-state index < -0.39 is 0 Å². The van der Waals surface area contributed by atoms with E-state index in [2.05, 4.69) is 15.0 Å². The van der Waals surface area contributed by atoms with E-state index in [9.17, 15) is 4.79 Å². The first-order chi connectivity index (χ1) is 8.25. The first kappa shape index (κ1) is 11.2. The largest absolute Gasteiger partial charge is 0.483 e. The summed E-state index contributed by atoms with van der Waals surface area (Å²) in [4.78, 5) is 11.5. The van der Waals surface area contributed by atoms with Crippen molar-refractivity contribution in [2.75, 3.05) is 11.9 Å². The zero-order valence-electron chi connectivity index (χ0n) is 9.34. The van der Waals surface area contributed by atoms with E-state index in [1.165, 1.54) is 6.26 Å². The highest BCUT2D eigenvalue weighted by atomic mass is 16.5. The Bertz CT molecular complexity index is 494. The third-order valence-electron chi connectivity index (χ3n) is 2.16. The minimum absolute atomic E-state index is 0.0578. The molecule has 0 spiro atoms. The van der Waals surface area contributed by atoms with Crippen molar-refractivity contribution in [2.24, 2.45) is 0 Å². The van der Waals surface area contributed by atoms with Crippen LogP contribution in [0.15, 0.2) is 41.1 Å². The van der Waals surface area contributed by atoms with Gasteiger partial charge in [-0.3, -0.25) is 4.79 Å². The number of nitrogens with zero attached hydrogens (tertiary/aromatic N) is 1. The fourth-order valence-corrected chi connectivity index (χ4v) is 1.32. The molecule has 2 rings (SSSR count). The Hall–Kier alpha value is -2.30. The molecular weight excluding hydrogens is 220 g/mol. The molecule has 0 unspecified atom stereocenters. The summed E-state index contributed by atoms with van der Waals surface area (Å²) in [5, 5.41) is 6.11. The van der Waals surface area contributed by atoms with Gasteiger partial charge in [0.2, 0.25) is 0 Å². The number of anilines is 1. The van der Waals surface area contributed by atoms with Gasteiger partial charge in [-0.15, -0.1) is 0 Å². The van der Waals surface area contributed by atoms with Crippen LogP contribution in [-0.4, -0.2) is 17.7 Å². The lowest BCUT2D eigenvalue weighted by molar-refractivity contribution is -0.118. The van der Waals surface area contributed by atoms with Crippen molar-refractivity contribution in [3.8, 4) is 5.75 Å². The summed E-state index contributed by atoms with van der Waals surface area (Å²) in [6.07, 6.45) is 1.39. The van der Waals surface area contributed by atoms with Gasteiger partial charge >= 0.3 is 0 Å². The second kappa shape index (κ2) is 5.16. The third kappa shape index (κ3) is 3.07. The summed E-state index contributed by atoms with van der Waals surface area (Å²) >= 11 is 0. The molecule has 0 aliphatic rings. The molecule has 88 valence electrons. The number of hydrogen-bond donors (Lipinski definition) is 1. The first-order valence-electron chi connectivity index (χ1n) is 5.14. The van der Waals surface area contributed by atoms with Crippen molar-refractivity contribution in [1.29, 1.82) is 0 Å². The fraction of sp³-hybridized carbons (Fsp3) is 0.167. The Kier molecular flexibility index (Phi) is 3.40. The normalized spacial score (nSPS) is 9.94. The highest BCUT2D eigenvalue weighted by Gasteiger charge is 2.06. The molecule has 0 fully saturated rings. The highest BCUT2D eigenvalue weighted by molar-refractivity contribution is 5.90. The molecule has 1 N–H and O–H groups in total. The average Bonchev–Trinajstić information content (AvgIpc) is 2.81. The van der Waals surface area contributed by atoms with Crippen LogP contribution >= 0.6 is 0 Å². The van der Waals surface area contributed by atoms with Gasteiger partial charge in [0.05, 0.1) is 0 Å². The molecule has 0 saturated carbocycles. The lowest BCUT2D eigenvalue weighted by Gasteiger charge is -2.07. The monoisotopic (exact) mass is 232 g/mol. The summed E-state index contributed by atoms with van der Waals surface area (Å²) < 4.78 is 9.97. The minimum atomic E-state index is -0.276. The van der Waals surface area contributed by atoms with E-state index in [1.54, 1.807) is 6.07 Å². The molecule has 1 amide bonds. The number of aryl methyl sites for hydroxylation is 1. The number of carbonyl (C=O) groups is 1. The minimum Gasteiger partial charge on any atom is -0.483 e. The first-order valence-corrected chi connectivity index (χ1v) is 5.14. The zero-order chi connectivity index (χ0) is 12.1. The maximum absolute atomic E-state index is 11.5. The van der Waals surface area contributed by atoms with Gasteiger partial charge in [0.1, 0.15) is 12.0 Å². The summed E-state index contributed by atoms with van der Waals surface area (Å²) in [5.41, 5.74) is 0.988. The van der Waals surface area contributed by atoms with Crippen LogP contribution in [0.2, 0.25) is 0 Å². The molecule has 1 heterocycles. The predicted molar refractivity (Wildman–Crippen MR) is 61.8 cm³/mol. The second-order valence-electron chi connectivity index (χ2n) is 3.49. The molecule has 17 heavy (non-hydrogen) atoms. The maximum Gasteiger partial charge on any atom is 0.263 e. The number of ether oxygens (including phenoxy) is 1. The lowest BCUT2D eigenvalue weighted by atomic mass is 10.2. The van der Waals surface area contributed by atoms with Crippen LogP contribution in [-0.2, 0) is 4.79 Å². The Balaban J connectivity index is 1.86. The number of para-hydroxylation sites is 1. The standard InChI is InChI=1S/C12H12N2O3/c1-9-4-2-3-5-10(9)16-8-12(15)13-11-6-7-17-14-11/h2-7H,8H2,1H3,(H,13,14,15). The molecule has 0 atom stereocenters. The van der Waals surface area contributed by atoms with Crippen molar-refractivity contribution in [2.45, 2.75) is 6.92 Å². The molecule has 1 aromatic carbocycles. The SMILES string of the molecule is Cc1ccccc1OCC(=O)Nc1ccon1. The number of carbonyl (C=O) groups excluding carboxylic acids is 1. The number of benzene rings is 1. The lowest BCUT2D eigenvalue weighted by Crippen LogP contribution is -2.20. The summed E-state index contributed by atoms with van der Waals surface area (Å²) in [6.45, 7) is 1.86. The van der Waals surface area contributed by atoms with Gasteiger partial charge in [0, 0.05) is 6.07 Å². The summed E-state index contributed by atoms with van der Waals surface area (Å²) in [5.74, 6) is 0.799. The Labute approximate surface area is 98.4 Å². The Morgan fingerprint density at radius 3 is 2.94 bits per heavy atom. The van der Waals surface area contributed by atoms with Crippen LogP contribution < -0.4 is 10.1 Å². The number of amides is 1. The number of rotatable bonds is 4. The summed E-state index contributed by atoms with van der Waals surface area (Å²) in [7, 11) is 0. The van der Waals surface area contributed by atoms with E-state index >= 15 is 0 Å². The molecule has 0 saturated heterocycles. The van der Waals surface area contributed by atoms with Crippen LogP contribution in [0.4, 0.5) is 5.82 Å². The van der Waals surface area contributed by atoms with Gasteiger partial charge in [0.25, 0.3) is 5.91 Å². The van der Waals surface area contributed by atoms with Crippen LogP contribution in [0.3, 0.4) is 0 Å². The molecule has 0 bridgehead atoms. The summed E-state index contributed by atoms with van der Waals surface area (Å²) in [6, 6.07) is 9.07. The molecule has 1 aromatic heterocycles. The van der Waals surface area contributed by atoms with Gasteiger partial charge < -0.3 is 14.6 Å². The van der Waals surface area contributed by atoms with Crippen molar-refractivity contribution in [3.05, 3.63) is 42.2 Å². The number of hydrogen-bond acceptors (Lipinski definition) is 4. The van der Waals surface area contributed by atoms with E-state index in [-0.39, 0.29) is 12.5 Å². The second-order valence-corrected chi connectivity index (χ2v) is 3.49. The molecule has 5 nitrogen and oxygen atoms in total. The third-order valence-corrected chi connectivity index (χ3v) is 2.16. The van der Waals surface area contributed by atoms with Gasteiger partial charge in [-0.05, 0) is 18.6 Å². The van der Waals surface area contributed by atoms with Crippen molar-refractivity contribution >= 4 is 11.7 Å². The number of aromatic nitrogens is 1. The zero-order valence-corrected chi connectivity index (χ0v) is 9.34. The van der Waals surface area contributed by atoms with Gasteiger partial charge in [-0.25, -0.2) is 0 Å². The molecule has 0 aliphatic heterocycles. The van der Waals surface area contributed by atoms with Gasteiger partial charge in [-0.2, -0.15) is 0 Å². The molecule has 2 aromatic rings. The Morgan fingerprint density at radius 2 is 2.24 bits per heavy atom. The maximum atomic E-state index is 11.5. The Morgan fingerprint density at radius 1 is 1.41 bits per heavy atom. The van der Waals surface area contributed by atoms with Crippen LogP contribution in [0.25, 0.3) is 0 Å². The van der Waals surface area contributed by atoms with E-state index in [0.717, 1.165) is 5.56 Å². The van der Waals surface area contributed by atoms with Crippen LogP contribution in [0, 0.1) is 6.92 Å². The molecule has 0 radical (unpaired) electrons. The number of nitrogens with one attached hydrogen (secondary N) is 1. The molecule has 0 aliphatic carbocycles. The predicted octanol–water partition coefficient (Wildman–Crippen LogP) is 2.00. The van der Waals surface area contributed by atoms with E-state index in [1.807, 2.05) is 31.2 Å². The highest BCUT2D eigenvalue weighted by Crippen LogP contribution is 2.15. The van der Waals surface area contributed by atoms with Crippen molar-refractivity contribution < 1.29 is 14.1 Å². The quantitative estimate of drug-likeness (QED) is 0.875. The average molecular weight is 232 g/mol. The topological polar surface area (TPSA) is 64.4 Å². The fourth-order valence-electron chi connectivity index (χ4n) is 1.32. The van der Waals surface area contributed by atoms with E-state index in [0.29, 0.717) is 11.6 Å². The van der Waals surface area contributed by atoms with Crippen molar-refractivity contribution in [1.82, 2.24) is 5.16 Å². The molecule has 5 heteroatoms. The van der Waals surface area contributed by atoms with Crippen molar-refractivity contribution in [3.63, 3.8) is 0 Å². The smallest absolute Gasteiger partial charge is 0.263 e. The van der Waals surface area contributed by atoms with Crippen LogP contribution in [0.5, 0.6) is 5.75 Å². The molecular formula is C12H12N2O3. The van der Waals surface area contributed by atoms with Crippen LogP contribution in [0.1, 0.15) is 5.56 Å². The van der Waals surface area contributed by atoms with E-state index in [4.69, 9.17) is 4.74 Å². The van der Waals surface area contributed by atoms with Gasteiger partial charge in [0.15, 0.2) is 12.4 Å². The van der Waals surface area contributed by atoms with Gasteiger partial charge in [-0.1, -0.05) is 23.4 Å².